The van der Waals surface area contributed by atoms with Gasteiger partial charge in [0, 0.05) is 6.42 Å². The molecular weight excluding hydrogens is 156 g/mol. The van der Waals surface area contributed by atoms with Crippen LogP contribution in [0.4, 0.5) is 0 Å². The Hall–Kier alpha value is -1.12. The van der Waals surface area contributed by atoms with E-state index in [-0.39, 0.29) is 11.5 Å². The van der Waals surface area contributed by atoms with Crippen LogP contribution in [0.2, 0.25) is 0 Å². The number of allylic oxidation sites excluding steroid dienone is 2. The number of aliphatic hydroxyl groups excluding tert-OH is 2. The minimum Gasteiger partial charge on any atom is -0.509 e. The molecule has 0 spiro atoms. The van der Waals surface area contributed by atoms with E-state index in [1.54, 1.807) is 19.9 Å². The van der Waals surface area contributed by atoms with Crippen LogP contribution in [0.25, 0.3) is 0 Å². The zero-order chi connectivity index (χ0) is 9.56. The normalized spacial score (nSPS) is 15.9. The second-order valence-electron chi connectivity index (χ2n) is 2.43. The SMILES string of the molecule is CC=COC(C)C(O)=C(O)CC. The smallest absolute Gasteiger partial charge is 0.170 e. The molecule has 2 N–H and O–H groups in total. The molecule has 0 saturated heterocycles. The Bertz CT molecular complexity index is 182. The molecule has 0 radical (unpaired) electrons. The number of hydrogen-bond donors (Lipinski definition) is 2. The van der Waals surface area contributed by atoms with Crippen molar-refractivity contribution < 1.29 is 14.9 Å². The van der Waals surface area contributed by atoms with Gasteiger partial charge in [-0.05, 0) is 13.8 Å². The summed E-state index contributed by atoms with van der Waals surface area (Å²) >= 11 is 0. The first-order valence-corrected chi connectivity index (χ1v) is 4.01. The Kier molecular flexibility index (Phi) is 5.00. The third-order valence-corrected chi connectivity index (χ3v) is 1.43. The lowest BCUT2D eigenvalue weighted by Gasteiger charge is -2.11. The zero-order valence-electron chi connectivity index (χ0n) is 7.74. The lowest BCUT2D eigenvalue weighted by Crippen LogP contribution is -2.10. The van der Waals surface area contributed by atoms with Crippen LogP contribution in [0.5, 0.6) is 0 Å². The van der Waals surface area contributed by atoms with Crippen LogP contribution < -0.4 is 0 Å². The highest BCUT2D eigenvalue weighted by Crippen LogP contribution is 2.09. The third-order valence-electron chi connectivity index (χ3n) is 1.43. The third kappa shape index (κ3) is 3.32. The van der Waals surface area contributed by atoms with Crippen LogP contribution in [0.1, 0.15) is 27.2 Å². The molecule has 0 rings (SSSR count). The van der Waals surface area contributed by atoms with Gasteiger partial charge >= 0.3 is 0 Å². The van der Waals surface area contributed by atoms with Crippen molar-refractivity contribution in [1.82, 2.24) is 0 Å². The van der Waals surface area contributed by atoms with E-state index in [1.807, 2.05) is 6.92 Å². The van der Waals surface area contributed by atoms with Gasteiger partial charge in [-0.15, -0.1) is 0 Å². The minimum atomic E-state index is -0.485. The fourth-order valence-electron chi connectivity index (χ4n) is 0.677. The summed E-state index contributed by atoms with van der Waals surface area (Å²) in [5, 5.41) is 18.4. The molecule has 0 aliphatic rings. The van der Waals surface area contributed by atoms with E-state index in [9.17, 15) is 5.11 Å². The largest absolute Gasteiger partial charge is 0.509 e. The maximum atomic E-state index is 9.28. The summed E-state index contributed by atoms with van der Waals surface area (Å²) in [6.07, 6.45) is 3.12. The number of ether oxygens (including phenoxy) is 1. The second-order valence-corrected chi connectivity index (χ2v) is 2.43. The van der Waals surface area contributed by atoms with Gasteiger partial charge < -0.3 is 14.9 Å². The fourth-order valence-corrected chi connectivity index (χ4v) is 0.677. The zero-order valence-corrected chi connectivity index (χ0v) is 7.74. The van der Waals surface area contributed by atoms with Gasteiger partial charge in [0.1, 0.15) is 5.76 Å². The monoisotopic (exact) mass is 172 g/mol. The van der Waals surface area contributed by atoms with Gasteiger partial charge in [0.25, 0.3) is 0 Å². The number of rotatable bonds is 4. The van der Waals surface area contributed by atoms with E-state index in [2.05, 4.69) is 0 Å². The summed E-state index contributed by atoms with van der Waals surface area (Å²) in [6, 6.07) is 0. The van der Waals surface area contributed by atoms with Crippen LogP contribution in [0, 0.1) is 0 Å². The molecule has 0 heterocycles. The van der Waals surface area contributed by atoms with Crippen LogP contribution in [-0.4, -0.2) is 16.3 Å². The Balaban J connectivity index is 4.17. The Labute approximate surface area is 73.0 Å². The quantitative estimate of drug-likeness (QED) is 0.641. The lowest BCUT2D eigenvalue weighted by molar-refractivity contribution is 0.130. The van der Waals surface area contributed by atoms with Gasteiger partial charge in [0.2, 0.25) is 0 Å². The molecule has 1 atom stereocenters. The summed E-state index contributed by atoms with van der Waals surface area (Å²) in [4.78, 5) is 0. The maximum Gasteiger partial charge on any atom is 0.170 e. The second kappa shape index (κ2) is 5.52. The fraction of sp³-hybridized carbons (Fsp3) is 0.556. The lowest BCUT2D eigenvalue weighted by atomic mass is 10.2. The van der Waals surface area contributed by atoms with Gasteiger partial charge in [0.05, 0.1) is 6.26 Å². The molecular formula is C9H16O3. The Morgan fingerprint density at radius 1 is 1.50 bits per heavy atom. The highest BCUT2D eigenvalue weighted by molar-refractivity contribution is 5.02. The molecule has 0 aliphatic carbocycles. The molecule has 0 aromatic rings. The molecule has 0 aromatic heterocycles. The van der Waals surface area contributed by atoms with Crippen LogP contribution >= 0.6 is 0 Å². The average molecular weight is 172 g/mol. The molecule has 12 heavy (non-hydrogen) atoms. The summed E-state index contributed by atoms with van der Waals surface area (Å²) < 4.78 is 5.03. The minimum absolute atomic E-state index is 0.0213. The molecule has 0 saturated carbocycles. The van der Waals surface area contributed by atoms with Crippen molar-refractivity contribution in [2.24, 2.45) is 0 Å². The van der Waals surface area contributed by atoms with E-state index < -0.39 is 6.10 Å². The molecule has 3 nitrogen and oxygen atoms in total. The molecule has 3 heteroatoms. The molecule has 0 fully saturated rings. The predicted octanol–water partition coefficient (Wildman–Crippen LogP) is 2.66. The Morgan fingerprint density at radius 3 is 2.50 bits per heavy atom. The van der Waals surface area contributed by atoms with E-state index in [1.165, 1.54) is 6.26 Å². The maximum absolute atomic E-state index is 9.28. The first-order valence-electron chi connectivity index (χ1n) is 4.01. The van der Waals surface area contributed by atoms with Crippen molar-refractivity contribution in [2.75, 3.05) is 0 Å². The van der Waals surface area contributed by atoms with E-state index in [0.717, 1.165) is 0 Å². The predicted molar refractivity (Wildman–Crippen MR) is 47.9 cm³/mol. The van der Waals surface area contributed by atoms with Gasteiger partial charge in [-0.1, -0.05) is 13.0 Å². The van der Waals surface area contributed by atoms with Crippen molar-refractivity contribution >= 4 is 0 Å². The van der Waals surface area contributed by atoms with E-state index in [4.69, 9.17) is 9.84 Å². The standard InChI is InChI=1S/C9H16O3/c1-4-6-12-7(3)9(11)8(10)5-2/h4,6-7,10-11H,5H2,1-3H3. The molecule has 70 valence electrons. The van der Waals surface area contributed by atoms with E-state index in [0.29, 0.717) is 6.42 Å². The van der Waals surface area contributed by atoms with Crippen molar-refractivity contribution in [3.8, 4) is 0 Å². The topological polar surface area (TPSA) is 49.7 Å². The number of hydrogen-bond acceptors (Lipinski definition) is 3. The van der Waals surface area contributed by atoms with Crippen molar-refractivity contribution in [1.29, 1.82) is 0 Å². The summed E-state index contributed by atoms with van der Waals surface area (Å²) in [7, 11) is 0. The van der Waals surface area contributed by atoms with Crippen LogP contribution in [-0.2, 0) is 4.74 Å². The Morgan fingerprint density at radius 2 is 2.08 bits per heavy atom. The van der Waals surface area contributed by atoms with Crippen molar-refractivity contribution in [3.63, 3.8) is 0 Å². The average Bonchev–Trinajstić information content (AvgIpc) is 2.11. The van der Waals surface area contributed by atoms with Gasteiger partial charge in [-0.2, -0.15) is 0 Å². The molecule has 1 unspecified atom stereocenters. The van der Waals surface area contributed by atoms with Crippen LogP contribution in [0.15, 0.2) is 23.9 Å². The molecule has 0 aromatic carbocycles. The first kappa shape index (κ1) is 10.9. The first-order chi connectivity index (χ1) is 5.63. The summed E-state index contributed by atoms with van der Waals surface area (Å²) in [5.41, 5.74) is 0. The van der Waals surface area contributed by atoms with Crippen molar-refractivity contribution in [3.05, 3.63) is 23.9 Å². The molecule has 0 amide bonds. The summed E-state index contributed by atoms with van der Waals surface area (Å²) in [6.45, 7) is 5.24. The summed E-state index contributed by atoms with van der Waals surface area (Å²) in [5.74, 6) is -0.123. The van der Waals surface area contributed by atoms with E-state index >= 15 is 0 Å². The van der Waals surface area contributed by atoms with Crippen molar-refractivity contribution in [2.45, 2.75) is 33.3 Å². The van der Waals surface area contributed by atoms with Crippen LogP contribution in [0.3, 0.4) is 0 Å². The molecule has 0 aliphatic heterocycles. The van der Waals surface area contributed by atoms with Gasteiger partial charge in [-0.3, -0.25) is 0 Å². The van der Waals surface area contributed by atoms with Gasteiger partial charge in [-0.25, -0.2) is 0 Å². The highest BCUT2D eigenvalue weighted by Gasteiger charge is 2.10. The highest BCUT2D eigenvalue weighted by atomic mass is 16.5. The number of aliphatic hydroxyl groups is 2. The van der Waals surface area contributed by atoms with Gasteiger partial charge in [0.15, 0.2) is 11.9 Å². The molecule has 0 bridgehead atoms.